The Morgan fingerprint density at radius 3 is 3.09 bits per heavy atom. The molecular formula is C9H12O2. The van der Waals surface area contributed by atoms with Crippen LogP contribution in [0.3, 0.4) is 0 Å². The highest BCUT2D eigenvalue weighted by atomic mass is 16.6. The summed E-state index contributed by atoms with van der Waals surface area (Å²) in [5.74, 6) is 0.293. The molecule has 1 heterocycles. The van der Waals surface area contributed by atoms with Gasteiger partial charge in [-0.2, -0.15) is 0 Å². The molecule has 1 aliphatic heterocycles. The summed E-state index contributed by atoms with van der Waals surface area (Å²) in [6, 6.07) is 0. The molecule has 11 heavy (non-hydrogen) atoms. The first-order chi connectivity index (χ1) is 5.38. The van der Waals surface area contributed by atoms with Gasteiger partial charge in [0.1, 0.15) is 6.10 Å². The Bertz CT molecular complexity index is 196. The minimum Gasteiger partial charge on any atom is -0.361 e. The highest BCUT2D eigenvalue weighted by Gasteiger charge is 2.43. The third-order valence-corrected chi connectivity index (χ3v) is 2.24. The lowest BCUT2D eigenvalue weighted by Gasteiger charge is -1.89. The molecule has 2 atom stereocenters. The van der Waals surface area contributed by atoms with Gasteiger partial charge >= 0.3 is 0 Å². The number of fused-ring (bicyclic) bond motifs is 1. The van der Waals surface area contributed by atoms with Crippen LogP contribution in [0.25, 0.3) is 0 Å². The number of hydrogen-bond donors (Lipinski definition) is 0. The molecule has 0 aromatic heterocycles. The van der Waals surface area contributed by atoms with E-state index < -0.39 is 0 Å². The van der Waals surface area contributed by atoms with Gasteiger partial charge in [-0.05, 0) is 19.3 Å². The predicted molar refractivity (Wildman–Crippen MR) is 41.3 cm³/mol. The molecule has 0 saturated carbocycles. The third kappa shape index (κ3) is 1.51. The number of ether oxygens (including phenoxy) is 1. The number of carbonyl (C=O) groups is 1. The molecule has 0 bridgehead atoms. The van der Waals surface area contributed by atoms with Crippen LogP contribution in [0.1, 0.15) is 25.7 Å². The standard InChI is InChI=1S/C9H12O2/c10-7-5-3-1-2-4-6-8-9(7)11-8/h1-2,8-9H,3-6H2/b2-1-. The highest BCUT2D eigenvalue weighted by molar-refractivity contribution is 5.85. The SMILES string of the molecule is O=C1CC/C=C\CCC2OC12. The Morgan fingerprint density at radius 1 is 1.36 bits per heavy atom. The van der Waals surface area contributed by atoms with Crippen molar-refractivity contribution < 1.29 is 9.53 Å². The van der Waals surface area contributed by atoms with E-state index in [0.29, 0.717) is 12.2 Å². The van der Waals surface area contributed by atoms with Gasteiger partial charge in [0.05, 0.1) is 6.10 Å². The molecule has 1 fully saturated rings. The van der Waals surface area contributed by atoms with Gasteiger partial charge in [-0.1, -0.05) is 12.2 Å². The normalized spacial score (nSPS) is 39.8. The van der Waals surface area contributed by atoms with E-state index in [9.17, 15) is 4.79 Å². The molecule has 1 aliphatic carbocycles. The minimum atomic E-state index is -0.0325. The highest BCUT2D eigenvalue weighted by Crippen LogP contribution is 2.29. The smallest absolute Gasteiger partial charge is 0.164 e. The largest absolute Gasteiger partial charge is 0.361 e. The van der Waals surface area contributed by atoms with Crippen LogP contribution in [0.2, 0.25) is 0 Å². The maximum Gasteiger partial charge on any atom is 0.164 e. The summed E-state index contributed by atoms with van der Waals surface area (Å²) in [5.41, 5.74) is 0. The van der Waals surface area contributed by atoms with Gasteiger partial charge in [-0.15, -0.1) is 0 Å². The monoisotopic (exact) mass is 152 g/mol. The molecule has 2 unspecified atom stereocenters. The van der Waals surface area contributed by atoms with Crippen molar-refractivity contribution in [2.45, 2.75) is 37.9 Å². The summed E-state index contributed by atoms with van der Waals surface area (Å²) in [5, 5.41) is 0. The number of Topliss-reactive ketones (excluding diaryl/α,β-unsaturated/α-hetero) is 1. The molecule has 0 amide bonds. The van der Waals surface area contributed by atoms with E-state index >= 15 is 0 Å². The second-order valence-electron chi connectivity index (χ2n) is 3.15. The van der Waals surface area contributed by atoms with E-state index in [1.807, 2.05) is 0 Å². The van der Waals surface area contributed by atoms with Crippen molar-refractivity contribution in [1.82, 2.24) is 0 Å². The van der Waals surface area contributed by atoms with Crippen molar-refractivity contribution >= 4 is 5.78 Å². The summed E-state index contributed by atoms with van der Waals surface area (Å²) in [7, 11) is 0. The lowest BCUT2D eigenvalue weighted by atomic mass is 10.1. The van der Waals surface area contributed by atoms with Crippen molar-refractivity contribution in [3.8, 4) is 0 Å². The third-order valence-electron chi connectivity index (χ3n) is 2.24. The number of allylic oxidation sites excluding steroid dienone is 2. The number of hydrogen-bond acceptors (Lipinski definition) is 2. The maximum absolute atomic E-state index is 11.2. The van der Waals surface area contributed by atoms with Gasteiger partial charge in [0.25, 0.3) is 0 Å². The van der Waals surface area contributed by atoms with Gasteiger partial charge < -0.3 is 4.74 Å². The molecule has 1 saturated heterocycles. The van der Waals surface area contributed by atoms with Gasteiger partial charge in [0, 0.05) is 6.42 Å². The zero-order valence-corrected chi connectivity index (χ0v) is 6.45. The van der Waals surface area contributed by atoms with E-state index in [4.69, 9.17) is 4.74 Å². The fraction of sp³-hybridized carbons (Fsp3) is 0.667. The lowest BCUT2D eigenvalue weighted by Crippen LogP contribution is -2.08. The molecule has 2 aliphatic rings. The van der Waals surface area contributed by atoms with Crippen molar-refractivity contribution in [3.05, 3.63) is 12.2 Å². The molecule has 60 valence electrons. The van der Waals surface area contributed by atoms with E-state index in [2.05, 4.69) is 12.2 Å². The fourth-order valence-corrected chi connectivity index (χ4v) is 1.51. The van der Waals surface area contributed by atoms with Gasteiger partial charge in [0.15, 0.2) is 5.78 Å². The van der Waals surface area contributed by atoms with Crippen LogP contribution in [0.5, 0.6) is 0 Å². The number of rotatable bonds is 0. The lowest BCUT2D eigenvalue weighted by molar-refractivity contribution is -0.120. The summed E-state index contributed by atoms with van der Waals surface area (Å²) in [4.78, 5) is 11.2. The van der Waals surface area contributed by atoms with E-state index in [1.54, 1.807) is 0 Å². The van der Waals surface area contributed by atoms with Crippen LogP contribution >= 0.6 is 0 Å². The Kier molecular flexibility index (Phi) is 1.78. The Hall–Kier alpha value is -0.630. The van der Waals surface area contributed by atoms with Crippen LogP contribution in [-0.2, 0) is 9.53 Å². The summed E-state index contributed by atoms with van der Waals surface area (Å²) < 4.78 is 5.22. The predicted octanol–water partition coefficient (Wildman–Crippen LogP) is 1.45. The Labute approximate surface area is 66.2 Å². The first kappa shape index (κ1) is 7.04. The topological polar surface area (TPSA) is 29.6 Å². The Balaban J connectivity index is 1.98. The zero-order chi connectivity index (χ0) is 7.68. The molecule has 0 aromatic rings. The van der Waals surface area contributed by atoms with Crippen LogP contribution in [0.15, 0.2) is 12.2 Å². The Morgan fingerprint density at radius 2 is 2.18 bits per heavy atom. The van der Waals surface area contributed by atoms with Crippen LogP contribution in [0, 0.1) is 0 Å². The second kappa shape index (κ2) is 2.78. The second-order valence-corrected chi connectivity index (χ2v) is 3.15. The minimum absolute atomic E-state index is 0.0325. The van der Waals surface area contributed by atoms with E-state index in [-0.39, 0.29) is 12.2 Å². The quantitative estimate of drug-likeness (QED) is 0.388. The van der Waals surface area contributed by atoms with E-state index in [1.165, 1.54) is 0 Å². The average Bonchev–Trinajstić information content (AvgIpc) is 2.74. The molecule has 2 heteroatoms. The zero-order valence-electron chi connectivity index (χ0n) is 6.45. The molecule has 0 spiro atoms. The van der Waals surface area contributed by atoms with Gasteiger partial charge in [-0.25, -0.2) is 0 Å². The van der Waals surface area contributed by atoms with Gasteiger partial charge in [-0.3, -0.25) is 4.79 Å². The number of epoxide rings is 1. The van der Waals surface area contributed by atoms with Crippen molar-refractivity contribution in [2.24, 2.45) is 0 Å². The summed E-state index contributed by atoms with van der Waals surface area (Å²) >= 11 is 0. The van der Waals surface area contributed by atoms with Crippen LogP contribution < -0.4 is 0 Å². The fourth-order valence-electron chi connectivity index (χ4n) is 1.51. The van der Waals surface area contributed by atoms with Crippen molar-refractivity contribution in [1.29, 1.82) is 0 Å². The summed E-state index contributed by atoms with van der Waals surface area (Å²) in [6.45, 7) is 0. The number of carbonyl (C=O) groups excluding carboxylic acids is 1. The number of ketones is 1. The first-order valence-electron chi connectivity index (χ1n) is 4.21. The first-order valence-corrected chi connectivity index (χ1v) is 4.21. The van der Waals surface area contributed by atoms with Crippen molar-refractivity contribution in [2.75, 3.05) is 0 Å². The molecule has 0 aromatic carbocycles. The molecule has 2 nitrogen and oxygen atoms in total. The molecule has 0 N–H and O–H groups in total. The van der Waals surface area contributed by atoms with Crippen molar-refractivity contribution in [3.63, 3.8) is 0 Å². The summed E-state index contributed by atoms with van der Waals surface area (Å²) in [6.07, 6.45) is 8.12. The molecular weight excluding hydrogens is 140 g/mol. The maximum atomic E-state index is 11.2. The van der Waals surface area contributed by atoms with Crippen LogP contribution in [0.4, 0.5) is 0 Å². The van der Waals surface area contributed by atoms with Crippen LogP contribution in [-0.4, -0.2) is 18.0 Å². The average molecular weight is 152 g/mol. The van der Waals surface area contributed by atoms with E-state index in [0.717, 1.165) is 19.3 Å². The molecule has 2 rings (SSSR count). The van der Waals surface area contributed by atoms with Gasteiger partial charge in [0.2, 0.25) is 0 Å². The molecule has 0 radical (unpaired) electrons.